The van der Waals surface area contributed by atoms with Gasteiger partial charge in [0.15, 0.2) is 11.5 Å². The van der Waals surface area contributed by atoms with Crippen molar-refractivity contribution in [2.24, 2.45) is 0 Å². The lowest BCUT2D eigenvalue weighted by Gasteiger charge is -2.12. The molecular formula is C10H12O2S. The number of aromatic hydroxyl groups is 1. The molecule has 0 aliphatic carbocycles. The smallest absolute Gasteiger partial charge is 0.161 e. The fraction of sp³-hybridized carbons (Fsp3) is 0.400. The predicted molar refractivity (Wildman–Crippen MR) is 54.5 cm³/mol. The standard InChI is InChI=1S/C10H12O2S/c11-9-3-1-2-4-10(9)12-8-5-6-13-7-8/h1-4,8,11H,5-7H2. The zero-order chi connectivity index (χ0) is 9.10. The molecule has 1 aliphatic heterocycles. The Morgan fingerprint density at radius 3 is 2.92 bits per heavy atom. The Morgan fingerprint density at radius 1 is 1.38 bits per heavy atom. The molecule has 1 N–H and O–H groups in total. The predicted octanol–water partition coefficient (Wildman–Crippen LogP) is 2.28. The van der Waals surface area contributed by atoms with Gasteiger partial charge in [0, 0.05) is 5.75 Å². The molecule has 3 heteroatoms. The van der Waals surface area contributed by atoms with E-state index in [4.69, 9.17) is 4.74 Å². The quantitative estimate of drug-likeness (QED) is 0.787. The molecule has 70 valence electrons. The first-order chi connectivity index (χ1) is 6.36. The second-order valence-corrected chi connectivity index (χ2v) is 4.22. The van der Waals surface area contributed by atoms with E-state index >= 15 is 0 Å². The second-order valence-electron chi connectivity index (χ2n) is 3.07. The van der Waals surface area contributed by atoms with Crippen molar-refractivity contribution in [3.63, 3.8) is 0 Å². The summed E-state index contributed by atoms with van der Waals surface area (Å²) in [6.07, 6.45) is 1.36. The molecule has 0 saturated carbocycles. The molecule has 1 saturated heterocycles. The summed E-state index contributed by atoms with van der Waals surface area (Å²) >= 11 is 1.90. The summed E-state index contributed by atoms with van der Waals surface area (Å²) in [6.45, 7) is 0. The molecule has 2 rings (SSSR count). The number of hydrogen-bond donors (Lipinski definition) is 1. The lowest BCUT2D eigenvalue weighted by Crippen LogP contribution is -2.14. The molecule has 0 amide bonds. The Hall–Kier alpha value is -0.830. The van der Waals surface area contributed by atoms with Crippen LogP contribution in [0.3, 0.4) is 0 Å². The minimum Gasteiger partial charge on any atom is -0.504 e. The van der Waals surface area contributed by atoms with Crippen molar-refractivity contribution in [2.75, 3.05) is 11.5 Å². The Balaban J connectivity index is 2.04. The Kier molecular flexibility index (Phi) is 2.64. The summed E-state index contributed by atoms with van der Waals surface area (Å²) in [6, 6.07) is 7.12. The molecule has 1 unspecified atom stereocenters. The second kappa shape index (κ2) is 3.92. The maximum Gasteiger partial charge on any atom is 0.161 e. The number of thioether (sulfide) groups is 1. The van der Waals surface area contributed by atoms with Crippen molar-refractivity contribution >= 4 is 11.8 Å². The highest BCUT2D eigenvalue weighted by Crippen LogP contribution is 2.29. The number of phenolic OH excluding ortho intramolecular Hbond substituents is 1. The highest BCUT2D eigenvalue weighted by Gasteiger charge is 2.17. The molecule has 1 aliphatic rings. The maximum absolute atomic E-state index is 9.44. The van der Waals surface area contributed by atoms with E-state index in [2.05, 4.69) is 0 Å². The maximum atomic E-state index is 9.44. The van der Waals surface area contributed by atoms with Gasteiger partial charge < -0.3 is 9.84 Å². The fourth-order valence-corrected chi connectivity index (χ4v) is 2.44. The van der Waals surface area contributed by atoms with Crippen LogP contribution in [0.4, 0.5) is 0 Å². The van der Waals surface area contributed by atoms with E-state index in [0.29, 0.717) is 5.75 Å². The third-order valence-corrected chi connectivity index (χ3v) is 3.18. The van der Waals surface area contributed by atoms with Crippen molar-refractivity contribution in [3.05, 3.63) is 24.3 Å². The largest absolute Gasteiger partial charge is 0.504 e. The summed E-state index contributed by atoms with van der Waals surface area (Å²) < 4.78 is 5.64. The zero-order valence-electron chi connectivity index (χ0n) is 7.27. The van der Waals surface area contributed by atoms with Crippen LogP contribution in [-0.2, 0) is 0 Å². The molecule has 1 aromatic carbocycles. The lowest BCUT2D eigenvalue weighted by molar-refractivity contribution is 0.220. The minimum atomic E-state index is 0.236. The summed E-state index contributed by atoms with van der Waals surface area (Å²) in [5.41, 5.74) is 0. The number of benzene rings is 1. The van der Waals surface area contributed by atoms with Crippen molar-refractivity contribution in [1.29, 1.82) is 0 Å². The van der Waals surface area contributed by atoms with Crippen molar-refractivity contribution in [2.45, 2.75) is 12.5 Å². The van der Waals surface area contributed by atoms with E-state index in [0.717, 1.165) is 17.9 Å². The Labute approximate surface area is 81.9 Å². The van der Waals surface area contributed by atoms with Crippen molar-refractivity contribution in [3.8, 4) is 11.5 Å². The molecule has 0 aromatic heterocycles. The van der Waals surface area contributed by atoms with Crippen LogP contribution < -0.4 is 4.74 Å². The number of phenols is 1. The minimum absolute atomic E-state index is 0.236. The lowest BCUT2D eigenvalue weighted by atomic mass is 10.3. The average molecular weight is 196 g/mol. The number of hydrogen-bond acceptors (Lipinski definition) is 3. The number of rotatable bonds is 2. The van der Waals surface area contributed by atoms with Crippen LogP contribution in [0.1, 0.15) is 6.42 Å². The van der Waals surface area contributed by atoms with Gasteiger partial charge in [-0.15, -0.1) is 0 Å². The van der Waals surface area contributed by atoms with Crippen LogP contribution in [0.2, 0.25) is 0 Å². The van der Waals surface area contributed by atoms with Crippen LogP contribution in [0, 0.1) is 0 Å². The summed E-state index contributed by atoms with van der Waals surface area (Å²) in [7, 11) is 0. The molecule has 1 atom stereocenters. The number of ether oxygens (including phenoxy) is 1. The summed E-state index contributed by atoms with van der Waals surface area (Å²) in [5.74, 6) is 3.04. The first-order valence-corrected chi connectivity index (χ1v) is 5.54. The molecule has 0 radical (unpaired) electrons. The van der Waals surface area contributed by atoms with Crippen LogP contribution in [0.25, 0.3) is 0 Å². The van der Waals surface area contributed by atoms with Gasteiger partial charge in [0.2, 0.25) is 0 Å². The third-order valence-electron chi connectivity index (χ3n) is 2.05. The van der Waals surface area contributed by atoms with Crippen LogP contribution in [0.5, 0.6) is 11.5 Å². The topological polar surface area (TPSA) is 29.5 Å². The molecule has 0 spiro atoms. The van der Waals surface area contributed by atoms with Gasteiger partial charge in [-0.05, 0) is 24.3 Å². The van der Waals surface area contributed by atoms with Crippen molar-refractivity contribution in [1.82, 2.24) is 0 Å². The molecule has 0 bridgehead atoms. The Bertz CT molecular complexity index is 282. The SMILES string of the molecule is Oc1ccccc1OC1CCSC1. The monoisotopic (exact) mass is 196 g/mol. The first kappa shape index (κ1) is 8.75. The van der Waals surface area contributed by atoms with E-state index < -0.39 is 0 Å². The molecule has 2 nitrogen and oxygen atoms in total. The van der Waals surface area contributed by atoms with Gasteiger partial charge in [-0.25, -0.2) is 0 Å². The Morgan fingerprint density at radius 2 is 2.23 bits per heavy atom. The van der Waals surface area contributed by atoms with Gasteiger partial charge in [-0.1, -0.05) is 12.1 Å². The van der Waals surface area contributed by atoms with E-state index in [1.165, 1.54) is 0 Å². The summed E-state index contributed by atoms with van der Waals surface area (Å²) in [4.78, 5) is 0. The van der Waals surface area contributed by atoms with Gasteiger partial charge in [0.25, 0.3) is 0 Å². The first-order valence-electron chi connectivity index (χ1n) is 4.38. The van der Waals surface area contributed by atoms with E-state index in [1.807, 2.05) is 17.8 Å². The highest BCUT2D eigenvalue weighted by atomic mass is 32.2. The van der Waals surface area contributed by atoms with Crippen LogP contribution in [0.15, 0.2) is 24.3 Å². The third kappa shape index (κ3) is 2.10. The zero-order valence-corrected chi connectivity index (χ0v) is 8.09. The highest BCUT2D eigenvalue weighted by molar-refractivity contribution is 7.99. The summed E-state index contributed by atoms with van der Waals surface area (Å²) in [5, 5.41) is 9.44. The average Bonchev–Trinajstić information content (AvgIpc) is 2.61. The molecule has 1 heterocycles. The molecule has 1 aromatic rings. The fourth-order valence-electron chi connectivity index (χ4n) is 1.34. The molecular weight excluding hydrogens is 184 g/mol. The number of para-hydroxylation sites is 2. The van der Waals surface area contributed by atoms with E-state index in [1.54, 1.807) is 18.2 Å². The van der Waals surface area contributed by atoms with Gasteiger partial charge in [0.1, 0.15) is 6.10 Å². The van der Waals surface area contributed by atoms with E-state index in [-0.39, 0.29) is 11.9 Å². The van der Waals surface area contributed by atoms with Crippen molar-refractivity contribution < 1.29 is 9.84 Å². The van der Waals surface area contributed by atoms with Crippen LogP contribution >= 0.6 is 11.8 Å². The normalized spacial score (nSPS) is 21.7. The molecule has 13 heavy (non-hydrogen) atoms. The van der Waals surface area contributed by atoms with Gasteiger partial charge in [-0.2, -0.15) is 11.8 Å². The van der Waals surface area contributed by atoms with Gasteiger partial charge in [-0.3, -0.25) is 0 Å². The molecule has 1 fully saturated rings. The van der Waals surface area contributed by atoms with Gasteiger partial charge >= 0.3 is 0 Å². The van der Waals surface area contributed by atoms with Gasteiger partial charge in [0.05, 0.1) is 0 Å². The van der Waals surface area contributed by atoms with E-state index in [9.17, 15) is 5.11 Å². The van der Waals surface area contributed by atoms with Crippen LogP contribution in [-0.4, -0.2) is 22.7 Å².